The number of furan rings is 1. The largest absolute Gasteiger partial charge is 0.463 e. The number of hydrogen-bond acceptors (Lipinski definition) is 4. The van der Waals surface area contributed by atoms with Gasteiger partial charge in [0, 0.05) is 7.05 Å². The fourth-order valence-corrected chi connectivity index (χ4v) is 4.03. The Labute approximate surface area is 185 Å². The molecule has 5 aromatic rings. The van der Waals surface area contributed by atoms with Crippen molar-refractivity contribution >= 4 is 16.9 Å². The summed E-state index contributed by atoms with van der Waals surface area (Å²) in [5.74, 6) is 0.404. The number of pyridine rings is 1. The number of aromatic nitrogens is 3. The highest BCUT2D eigenvalue weighted by atomic mass is 16.3. The molecule has 0 aliphatic rings. The Bertz CT molecular complexity index is 1330. The first-order valence-electron chi connectivity index (χ1n) is 10.4. The molecule has 3 aromatic heterocycles. The van der Waals surface area contributed by atoms with E-state index in [0.717, 1.165) is 22.2 Å². The summed E-state index contributed by atoms with van der Waals surface area (Å²) in [6, 6.07) is 25.0. The maximum absolute atomic E-state index is 13.7. The Hall–Kier alpha value is -4.19. The van der Waals surface area contributed by atoms with E-state index in [9.17, 15) is 4.79 Å². The number of fused-ring (bicyclic) bond motifs is 1. The molecule has 6 nitrogen and oxygen atoms in total. The SMILES string of the molecule is Cc1nn(C)c2nc(-c3ccco3)cc(C(=O)NC(c3ccccc3)c3ccccc3)c12. The smallest absolute Gasteiger partial charge is 0.252 e. The van der Waals surface area contributed by atoms with Crippen LogP contribution >= 0.6 is 0 Å². The van der Waals surface area contributed by atoms with E-state index in [2.05, 4.69) is 10.4 Å². The molecule has 0 fully saturated rings. The fourth-order valence-electron chi connectivity index (χ4n) is 4.03. The fraction of sp³-hybridized carbons (Fsp3) is 0.115. The Balaban J connectivity index is 1.62. The van der Waals surface area contributed by atoms with Gasteiger partial charge in [0.05, 0.1) is 28.9 Å². The lowest BCUT2D eigenvalue weighted by Gasteiger charge is -2.20. The van der Waals surface area contributed by atoms with E-state index in [1.54, 1.807) is 23.1 Å². The maximum atomic E-state index is 13.7. The third-order valence-electron chi connectivity index (χ3n) is 5.53. The second kappa shape index (κ2) is 8.15. The summed E-state index contributed by atoms with van der Waals surface area (Å²) >= 11 is 0. The topological polar surface area (TPSA) is 73.0 Å². The van der Waals surface area contributed by atoms with Crippen LogP contribution in [-0.2, 0) is 7.05 Å². The molecule has 0 radical (unpaired) electrons. The van der Waals surface area contributed by atoms with Gasteiger partial charge >= 0.3 is 0 Å². The van der Waals surface area contributed by atoms with Gasteiger partial charge in [-0.3, -0.25) is 9.48 Å². The van der Waals surface area contributed by atoms with Gasteiger partial charge in [-0.15, -0.1) is 0 Å². The van der Waals surface area contributed by atoms with E-state index in [1.165, 1.54) is 0 Å². The molecular weight excluding hydrogens is 400 g/mol. The van der Waals surface area contributed by atoms with Gasteiger partial charge in [-0.2, -0.15) is 5.10 Å². The zero-order chi connectivity index (χ0) is 22.1. The molecule has 0 saturated carbocycles. The van der Waals surface area contributed by atoms with E-state index >= 15 is 0 Å². The molecule has 1 amide bonds. The number of hydrogen-bond donors (Lipinski definition) is 1. The summed E-state index contributed by atoms with van der Waals surface area (Å²) in [6.45, 7) is 1.89. The number of carbonyl (C=O) groups excluding carboxylic acids is 1. The number of amides is 1. The highest BCUT2D eigenvalue weighted by Crippen LogP contribution is 2.29. The number of benzene rings is 2. The minimum Gasteiger partial charge on any atom is -0.463 e. The van der Waals surface area contributed by atoms with E-state index in [0.29, 0.717) is 22.7 Å². The predicted octanol–water partition coefficient (Wildman–Crippen LogP) is 5.06. The summed E-state index contributed by atoms with van der Waals surface area (Å²) in [6.07, 6.45) is 1.59. The number of nitrogens with zero attached hydrogens (tertiary/aromatic N) is 3. The first-order valence-corrected chi connectivity index (χ1v) is 10.4. The third kappa shape index (κ3) is 3.56. The molecular formula is C26H22N4O2. The average molecular weight is 422 g/mol. The summed E-state index contributed by atoms with van der Waals surface area (Å²) in [7, 11) is 1.83. The minimum atomic E-state index is -0.294. The molecule has 32 heavy (non-hydrogen) atoms. The van der Waals surface area contributed by atoms with Crippen LogP contribution in [0.3, 0.4) is 0 Å². The molecule has 0 unspecified atom stereocenters. The van der Waals surface area contributed by atoms with Crippen LogP contribution in [0.5, 0.6) is 0 Å². The number of rotatable bonds is 5. The lowest BCUT2D eigenvalue weighted by Crippen LogP contribution is -2.29. The molecule has 6 heteroatoms. The van der Waals surface area contributed by atoms with Crippen molar-refractivity contribution in [1.29, 1.82) is 0 Å². The lowest BCUT2D eigenvalue weighted by atomic mass is 9.98. The average Bonchev–Trinajstić information content (AvgIpc) is 3.46. The first-order chi connectivity index (χ1) is 15.6. The van der Waals surface area contributed by atoms with Crippen molar-refractivity contribution in [1.82, 2.24) is 20.1 Å². The van der Waals surface area contributed by atoms with Crippen molar-refractivity contribution in [3.63, 3.8) is 0 Å². The molecule has 1 N–H and O–H groups in total. The highest BCUT2D eigenvalue weighted by molar-refractivity contribution is 6.07. The van der Waals surface area contributed by atoms with Crippen LogP contribution in [0.4, 0.5) is 0 Å². The quantitative estimate of drug-likeness (QED) is 0.430. The molecule has 0 spiro atoms. The van der Waals surface area contributed by atoms with E-state index in [1.807, 2.05) is 80.7 Å². The second-order valence-corrected chi connectivity index (χ2v) is 7.67. The van der Waals surface area contributed by atoms with Gasteiger partial charge in [0.15, 0.2) is 11.4 Å². The van der Waals surface area contributed by atoms with Gasteiger partial charge in [-0.1, -0.05) is 60.7 Å². The van der Waals surface area contributed by atoms with E-state index in [-0.39, 0.29) is 11.9 Å². The van der Waals surface area contributed by atoms with Gasteiger partial charge in [0.1, 0.15) is 5.69 Å². The Kier molecular flexibility index (Phi) is 5.03. The van der Waals surface area contributed by atoms with Crippen LogP contribution in [-0.4, -0.2) is 20.7 Å². The van der Waals surface area contributed by atoms with Gasteiger partial charge in [-0.05, 0) is 36.2 Å². The molecule has 0 aliphatic carbocycles. The van der Waals surface area contributed by atoms with Crippen LogP contribution in [0.25, 0.3) is 22.5 Å². The standard InChI is InChI=1S/C26H22N4O2/c1-17-23-20(16-21(22-14-9-15-32-22)27-25(23)30(2)29-17)26(31)28-24(18-10-5-3-6-11-18)19-12-7-4-8-13-19/h3-16,24H,1-2H3,(H,28,31). The number of carbonyl (C=O) groups is 1. The van der Waals surface area contributed by atoms with Crippen LogP contribution in [0, 0.1) is 6.92 Å². The summed E-state index contributed by atoms with van der Waals surface area (Å²) < 4.78 is 7.24. The van der Waals surface area contributed by atoms with Crippen molar-refractivity contribution in [2.24, 2.45) is 7.05 Å². The van der Waals surface area contributed by atoms with Crippen molar-refractivity contribution in [2.45, 2.75) is 13.0 Å². The van der Waals surface area contributed by atoms with Gasteiger partial charge in [0.25, 0.3) is 5.91 Å². The van der Waals surface area contributed by atoms with Gasteiger partial charge < -0.3 is 9.73 Å². The molecule has 0 atom stereocenters. The van der Waals surface area contributed by atoms with Crippen molar-refractivity contribution < 1.29 is 9.21 Å². The first kappa shape index (κ1) is 19.8. The molecule has 3 heterocycles. The Morgan fingerprint density at radius 3 is 2.22 bits per heavy atom. The molecule has 0 bridgehead atoms. The van der Waals surface area contributed by atoms with Crippen LogP contribution in [0.15, 0.2) is 89.5 Å². The predicted molar refractivity (Wildman–Crippen MR) is 123 cm³/mol. The highest BCUT2D eigenvalue weighted by Gasteiger charge is 2.23. The van der Waals surface area contributed by atoms with Crippen LogP contribution in [0.2, 0.25) is 0 Å². The Morgan fingerprint density at radius 1 is 0.969 bits per heavy atom. The van der Waals surface area contributed by atoms with Crippen molar-refractivity contribution in [3.05, 3.63) is 108 Å². The third-order valence-corrected chi connectivity index (χ3v) is 5.53. The molecule has 0 saturated heterocycles. The molecule has 158 valence electrons. The monoisotopic (exact) mass is 422 g/mol. The van der Waals surface area contributed by atoms with Crippen LogP contribution < -0.4 is 5.32 Å². The van der Waals surface area contributed by atoms with Gasteiger partial charge in [0.2, 0.25) is 0 Å². The maximum Gasteiger partial charge on any atom is 0.252 e. The Morgan fingerprint density at radius 2 is 1.62 bits per heavy atom. The van der Waals surface area contributed by atoms with Crippen molar-refractivity contribution in [2.75, 3.05) is 0 Å². The molecule has 0 aliphatic heterocycles. The van der Waals surface area contributed by atoms with Crippen molar-refractivity contribution in [3.8, 4) is 11.5 Å². The summed E-state index contributed by atoms with van der Waals surface area (Å²) in [4.78, 5) is 18.4. The number of aryl methyl sites for hydroxylation is 2. The van der Waals surface area contributed by atoms with Crippen LogP contribution in [0.1, 0.15) is 33.2 Å². The minimum absolute atomic E-state index is 0.195. The van der Waals surface area contributed by atoms with E-state index in [4.69, 9.17) is 9.40 Å². The zero-order valence-corrected chi connectivity index (χ0v) is 17.8. The molecule has 5 rings (SSSR count). The second-order valence-electron chi connectivity index (χ2n) is 7.67. The summed E-state index contributed by atoms with van der Waals surface area (Å²) in [5, 5.41) is 8.46. The summed E-state index contributed by atoms with van der Waals surface area (Å²) in [5.41, 5.74) is 4.51. The lowest BCUT2D eigenvalue weighted by molar-refractivity contribution is 0.0944. The zero-order valence-electron chi connectivity index (χ0n) is 17.8. The van der Waals surface area contributed by atoms with E-state index < -0.39 is 0 Å². The molecule has 2 aromatic carbocycles. The van der Waals surface area contributed by atoms with Gasteiger partial charge in [-0.25, -0.2) is 4.98 Å². The number of nitrogens with one attached hydrogen (secondary N) is 1. The normalized spacial score (nSPS) is 11.2.